The summed E-state index contributed by atoms with van der Waals surface area (Å²) in [5.74, 6) is 0.749. The number of benzene rings is 2. The number of hydrogen-bond acceptors (Lipinski definition) is 4. The molecule has 3 aromatic rings. The highest BCUT2D eigenvalue weighted by Crippen LogP contribution is 2.31. The number of carbonyl (C=O) groups is 1. The quantitative estimate of drug-likeness (QED) is 0.791. The molecule has 0 spiro atoms. The van der Waals surface area contributed by atoms with Crippen molar-refractivity contribution in [1.82, 2.24) is 15.2 Å². The Morgan fingerprint density at radius 2 is 1.92 bits per heavy atom. The van der Waals surface area contributed by atoms with Crippen LogP contribution >= 0.6 is 0 Å². The number of carbonyl (C=O) groups excluding carboxylic acids is 1. The molecule has 4 rings (SSSR count). The van der Waals surface area contributed by atoms with E-state index in [1.54, 1.807) is 7.11 Å². The number of nitrogens with zero attached hydrogens (tertiary/aromatic N) is 2. The van der Waals surface area contributed by atoms with Gasteiger partial charge in [-0.05, 0) is 18.2 Å². The molecule has 1 N–H and O–H groups in total. The first kappa shape index (κ1) is 16.5. The molecule has 26 heavy (non-hydrogen) atoms. The second-order valence-electron chi connectivity index (χ2n) is 6.35. The van der Waals surface area contributed by atoms with Crippen molar-refractivity contribution in [2.45, 2.75) is 6.04 Å². The average Bonchev–Trinajstić information content (AvgIpc) is 2.73. The minimum Gasteiger partial charge on any atom is -0.496 e. The van der Waals surface area contributed by atoms with Crippen LogP contribution in [0.1, 0.15) is 22.1 Å². The van der Waals surface area contributed by atoms with Crippen molar-refractivity contribution < 1.29 is 9.53 Å². The minimum absolute atomic E-state index is 0.0480. The molecule has 1 aromatic heterocycles. The molecule has 0 aliphatic carbocycles. The third-order valence-electron chi connectivity index (χ3n) is 4.82. The third-order valence-corrected chi connectivity index (χ3v) is 4.82. The lowest BCUT2D eigenvalue weighted by Crippen LogP contribution is -2.49. The van der Waals surface area contributed by atoms with Gasteiger partial charge in [0.25, 0.3) is 5.91 Å². The number of methoxy groups -OCH3 is 1. The maximum absolute atomic E-state index is 13.2. The summed E-state index contributed by atoms with van der Waals surface area (Å²) in [6, 6.07) is 19.4. The molecule has 5 nitrogen and oxygen atoms in total. The van der Waals surface area contributed by atoms with Gasteiger partial charge in [-0.15, -0.1) is 0 Å². The zero-order valence-corrected chi connectivity index (χ0v) is 14.7. The van der Waals surface area contributed by atoms with Gasteiger partial charge in [0.2, 0.25) is 0 Å². The van der Waals surface area contributed by atoms with Crippen molar-refractivity contribution in [3.8, 4) is 5.75 Å². The number of nitrogens with one attached hydrogen (secondary N) is 1. The average molecular weight is 347 g/mol. The van der Waals surface area contributed by atoms with Gasteiger partial charge in [-0.25, -0.2) is 4.98 Å². The van der Waals surface area contributed by atoms with Gasteiger partial charge < -0.3 is 15.0 Å². The molecule has 1 aliphatic rings. The summed E-state index contributed by atoms with van der Waals surface area (Å²) in [6.07, 6.45) is 0. The van der Waals surface area contributed by atoms with Crippen LogP contribution < -0.4 is 10.1 Å². The lowest BCUT2D eigenvalue weighted by atomic mass is 10.0. The number of ether oxygens (including phenoxy) is 1. The number of rotatable bonds is 3. The fourth-order valence-corrected chi connectivity index (χ4v) is 3.50. The predicted octanol–water partition coefficient (Wildman–Crippen LogP) is 3.03. The van der Waals surface area contributed by atoms with Crippen LogP contribution in [-0.4, -0.2) is 42.5 Å². The highest BCUT2D eigenvalue weighted by molar-refractivity contribution is 5.95. The first-order valence-electron chi connectivity index (χ1n) is 8.78. The molecule has 0 saturated carbocycles. The van der Waals surface area contributed by atoms with Crippen LogP contribution in [0.5, 0.6) is 5.75 Å². The van der Waals surface area contributed by atoms with Crippen LogP contribution in [0.4, 0.5) is 0 Å². The summed E-state index contributed by atoms with van der Waals surface area (Å²) in [4.78, 5) is 19.7. The van der Waals surface area contributed by atoms with Crippen LogP contribution in [0, 0.1) is 0 Å². The Morgan fingerprint density at radius 1 is 1.12 bits per heavy atom. The largest absolute Gasteiger partial charge is 0.496 e. The number of pyridine rings is 1. The molecule has 0 unspecified atom stereocenters. The van der Waals surface area contributed by atoms with E-state index in [0.29, 0.717) is 18.8 Å². The molecule has 1 saturated heterocycles. The molecule has 1 aliphatic heterocycles. The Bertz CT molecular complexity index is 941. The van der Waals surface area contributed by atoms with Gasteiger partial charge in [-0.3, -0.25) is 4.79 Å². The van der Waals surface area contributed by atoms with Crippen molar-refractivity contribution in [1.29, 1.82) is 0 Å². The molecule has 1 fully saturated rings. The maximum Gasteiger partial charge on any atom is 0.273 e. The summed E-state index contributed by atoms with van der Waals surface area (Å²) in [5, 5.41) is 4.41. The van der Waals surface area contributed by atoms with Crippen LogP contribution in [-0.2, 0) is 0 Å². The molecule has 132 valence electrons. The van der Waals surface area contributed by atoms with Gasteiger partial charge in [0, 0.05) is 30.6 Å². The normalized spacial score (nSPS) is 17.3. The molecule has 2 aromatic carbocycles. The zero-order chi connectivity index (χ0) is 17.9. The summed E-state index contributed by atoms with van der Waals surface area (Å²) in [7, 11) is 1.66. The van der Waals surface area contributed by atoms with Crippen molar-refractivity contribution >= 4 is 16.8 Å². The summed E-state index contributed by atoms with van der Waals surface area (Å²) in [5.41, 5.74) is 2.32. The van der Waals surface area contributed by atoms with Gasteiger partial charge in [0.15, 0.2) is 0 Å². The number of aromatic nitrogens is 1. The van der Waals surface area contributed by atoms with E-state index in [9.17, 15) is 4.79 Å². The van der Waals surface area contributed by atoms with Crippen molar-refractivity contribution in [3.63, 3.8) is 0 Å². The maximum atomic E-state index is 13.2. The fraction of sp³-hybridized carbons (Fsp3) is 0.238. The Labute approximate surface area is 152 Å². The van der Waals surface area contributed by atoms with E-state index < -0.39 is 0 Å². The van der Waals surface area contributed by atoms with E-state index in [1.165, 1.54) is 0 Å². The van der Waals surface area contributed by atoms with Crippen molar-refractivity contribution in [3.05, 3.63) is 71.9 Å². The highest BCUT2D eigenvalue weighted by Gasteiger charge is 2.31. The Hall–Kier alpha value is -2.92. The number of fused-ring (bicyclic) bond motifs is 1. The van der Waals surface area contributed by atoms with Crippen LogP contribution in [0.2, 0.25) is 0 Å². The van der Waals surface area contributed by atoms with Crippen LogP contribution in [0.3, 0.4) is 0 Å². The van der Waals surface area contributed by atoms with E-state index in [-0.39, 0.29) is 11.9 Å². The SMILES string of the molecule is COc1ccccc1[C@@H]1CNCCN1C(=O)c1ccc2ccccc2n1. The lowest BCUT2D eigenvalue weighted by molar-refractivity contribution is 0.0626. The van der Waals surface area contributed by atoms with Crippen molar-refractivity contribution in [2.75, 3.05) is 26.7 Å². The highest BCUT2D eigenvalue weighted by atomic mass is 16.5. The van der Waals surface area contributed by atoms with Gasteiger partial charge in [0.05, 0.1) is 18.7 Å². The molecular weight excluding hydrogens is 326 g/mol. The zero-order valence-electron chi connectivity index (χ0n) is 14.7. The van der Waals surface area contributed by atoms with Gasteiger partial charge in [-0.2, -0.15) is 0 Å². The number of amides is 1. The first-order valence-corrected chi connectivity index (χ1v) is 8.78. The summed E-state index contributed by atoms with van der Waals surface area (Å²) in [6.45, 7) is 2.10. The number of hydrogen-bond donors (Lipinski definition) is 1. The number of para-hydroxylation sites is 2. The Kier molecular flexibility index (Phi) is 4.54. The summed E-state index contributed by atoms with van der Waals surface area (Å²) < 4.78 is 5.51. The minimum atomic E-state index is -0.0827. The Balaban J connectivity index is 1.69. The van der Waals surface area contributed by atoms with Crippen LogP contribution in [0.15, 0.2) is 60.7 Å². The monoisotopic (exact) mass is 347 g/mol. The standard InChI is InChI=1S/C21H21N3O2/c1-26-20-9-5-3-7-16(20)19-14-22-12-13-24(19)21(25)18-11-10-15-6-2-4-8-17(15)23-18/h2-11,19,22H,12-14H2,1H3/t19-/m0/s1. The number of piperazine rings is 1. The molecule has 0 bridgehead atoms. The molecular formula is C21H21N3O2. The smallest absolute Gasteiger partial charge is 0.273 e. The van der Waals surface area contributed by atoms with E-state index in [4.69, 9.17) is 4.74 Å². The summed E-state index contributed by atoms with van der Waals surface area (Å²) >= 11 is 0. The van der Waals surface area contributed by atoms with Gasteiger partial charge in [0.1, 0.15) is 11.4 Å². The van der Waals surface area contributed by atoms with Gasteiger partial charge in [-0.1, -0.05) is 42.5 Å². The van der Waals surface area contributed by atoms with Crippen LogP contribution in [0.25, 0.3) is 10.9 Å². The molecule has 1 amide bonds. The van der Waals surface area contributed by atoms with E-state index in [1.807, 2.05) is 65.6 Å². The second-order valence-corrected chi connectivity index (χ2v) is 6.35. The van der Waals surface area contributed by atoms with Gasteiger partial charge >= 0.3 is 0 Å². The fourth-order valence-electron chi connectivity index (χ4n) is 3.50. The van der Waals surface area contributed by atoms with E-state index in [2.05, 4.69) is 10.3 Å². The third kappa shape index (κ3) is 3.02. The van der Waals surface area contributed by atoms with E-state index >= 15 is 0 Å². The molecule has 1 atom stereocenters. The molecule has 2 heterocycles. The lowest BCUT2D eigenvalue weighted by Gasteiger charge is -2.37. The Morgan fingerprint density at radius 3 is 2.81 bits per heavy atom. The topological polar surface area (TPSA) is 54.5 Å². The molecule has 5 heteroatoms. The second kappa shape index (κ2) is 7.14. The van der Waals surface area contributed by atoms with E-state index in [0.717, 1.165) is 28.8 Å². The van der Waals surface area contributed by atoms with Crippen molar-refractivity contribution in [2.24, 2.45) is 0 Å². The molecule has 0 radical (unpaired) electrons. The predicted molar refractivity (Wildman–Crippen MR) is 101 cm³/mol. The first-order chi connectivity index (χ1) is 12.8.